The predicted octanol–water partition coefficient (Wildman–Crippen LogP) is 0.593. The van der Waals surface area contributed by atoms with E-state index in [-0.39, 0.29) is 0 Å². The molecule has 2 saturated heterocycles. The monoisotopic (exact) mass is 270 g/mol. The van der Waals surface area contributed by atoms with Crippen molar-refractivity contribution < 1.29 is 0 Å². The Morgan fingerprint density at radius 1 is 1.22 bits per heavy atom. The maximum Gasteiger partial charge on any atom is 0.169 e. The Bertz CT molecular complexity index is 276. The van der Waals surface area contributed by atoms with Crippen molar-refractivity contribution in [2.75, 3.05) is 52.9 Å². The number of nitrogens with zero attached hydrogens (tertiary/aromatic N) is 3. The number of rotatable bonds is 3. The molecule has 4 nitrogen and oxygen atoms in total. The molecule has 2 aliphatic heterocycles. The largest absolute Gasteiger partial charge is 0.361 e. The molecule has 0 aromatic heterocycles. The van der Waals surface area contributed by atoms with Gasteiger partial charge in [-0.1, -0.05) is 6.92 Å². The van der Waals surface area contributed by atoms with Gasteiger partial charge in [-0.3, -0.25) is 4.90 Å². The van der Waals surface area contributed by atoms with Gasteiger partial charge in [0, 0.05) is 38.8 Å². The van der Waals surface area contributed by atoms with Crippen LogP contribution in [-0.2, 0) is 0 Å². The van der Waals surface area contributed by atoms with Crippen LogP contribution in [0, 0.1) is 0 Å². The van der Waals surface area contributed by atoms with Gasteiger partial charge in [0.15, 0.2) is 5.11 Å². The summed E-state index contributed by atoms with van der Waals surface area (Å²) in [5.41, 5.74) is 0. The van der Waals surface area contributed by atoms with E-state index in [2.05, 4.69) is 34.0 Å². The van der Waals surface area contributed by atoms with Gasteiger partial charge in [0.2, 0.25) is 0 Å². The summed E-state index contributed by atoms with van der Waals surface area (Å²) in [6.45, 7) is 10.0. The van der Waals surface area contributed by atoms with E-state index in [1.165, 1.54) is 19.4 Å². The van der Waals surface area contributed by atoms with E-state index < -0.39 is 0 Å². The smallest absolute Gasteiger partial charge is 0.169 e. The van der Waals surface area contributed by atoms with Gasteiger partial charge in [0.1, 0.15) is 0 Å². The quantitative estimate of drug-likeness (QED) is 0.756. The Kier molecular flexibility index (Phi) is 5.21. The fourth-order valence-electron chi connectivity index (χ4n) is 2.87. The van der Waals surface area contributed by atoms with Crippen molar-refractivity contribution in [1.82, 2.24) is 20.0 Å². The molecule has 5 heteroatoms. The number of hydrogen-bond acceptors (Lipinski definition) is 3. The van der Waals surface area contributed by atoms with Gasteiger partial charge < -0.3 is 15.1 Å². The Labute approximate surface area is 116 Å². The average molecular weight is 270 g/mol. The summed E-state index contributed by atoms with van der Waals surface area (Å²) in [4.78, 5) is 7.22. The molecule has 0 aromatic rings. The minimum Gasteiger partial charge on any atom is -0.361 e. The zero-order valence-electron chi connectivity index (χ0n) is 11.7. The molecular formula is C13H26N4S. The molecule has 0 amide bonds. The summed E-state index contributed by atoms with van der Waals surface area (Å²) in [5, 5.41) is 4.42. The van der Waals surface area contributed by atoms with Crippen LogP contribution in [-0.4, -0.2) is 78.7 Å². The maximum atomic E-state index is 5.50. The molecule has 0 aromatic carbocycles. The van der Waals surface area contributed by atoms with Crippen molar-refractivity contribution in [3.8, 4) is 0 Å². The molecule has 2 aliphatic rings. The van der Waals surface area contributed by atoms with Crippen LogP contribution < -0.4 is 5.32 Å². The second-order valence-electron chi connectivity index (χ2n) is 5.40. The molecule has 0 aliphatic carbocycles. The van der Waals surface area contributed by atoms with Crippen LogP contribution in [0.1, 0.15) is 19.8 Å². The molecule has 0 saturated carbocycles. The molecule has 2 fully saturated rings. The lowest BCUT2D eigenvalue weighted by Crippen LogP contribution is -2.52. The average Bonchev–Trinajstić information content (AvgIpc) is 2.84. The van der Waals surface area contributed by atoms with E-state index in [9.17, 15) is 0 Å². The molecule has 2 heterocycles. The number of likely N-dealkylation sites (N-methyl/N-ethyl adjacent to an activating group) is 2. The van der Waals surface area contributed by atoms with Crippen LogP contribution in [0.3, 0.4) is 0 Å². The molecule has 2 rings (SSSR count). The third-order valence-corrected chi connectivity index (χ3v) is 4.59. The Hall–Kier alpha value is -0.390. The zero-order chi connectivity index (χ0) is 13.0. The van der Waals surface area contributed by atoms with Crippen LogP contribution in [0.4, 0.5) is 0 Å². The van der Waals surface area contributed by atoms with Crippen LogP contribution in [0.2, 0.25) is 0 Å². The van der Waals surface area contributed by atoms with Crippen molar-refractivity contribution in [3.63, 3.8) is 0 Å². The molecule has 1 atom stereocenters. The highest BCUT2D eigenvalue weighted by atomic mass is 32.1. The fraction of sp³-hybridized carbons (Fsp3) is 0.923. The molecular weight excluding hydrogens is 244 g/mol. The normalized spacial score (nSPS) is 26.6. The molecule has 0 bridgehead atoms. The van der Waals surface area contributed by atoms with E-state index >= 15 is 0 Å². The predicted molar refractivity (Wildman–Crippen MR) is 79.9 cm³/mol. The first kappa shape index (κ1) is 14.0. The van der Waals surface area contributed by atoms with Gasteiger partial charge >= 0.3 is 0 Å². The Morgan fingerprint density at radius 2 is 1.94 bits per heavy atom. The van der Waals surface area contributed by atoms with Crippen molar-refractivity contribution in [1.29, 1.82) is 0 Å². The topological polar surface area (TPSA) is 21.8 Å². The van der Waals surface area contributed by atoms with Crippen LogP contribution in [0.5, 0.6) is 0 Å². The summed E-state index contributed by atoms with van der Waals surface area (Å²) in [6, 6.07) is 0.681. The van der Waals surface area contributed by atoms with Gasteiger partial charge in [-0.25, -0.2) is 0 Å². The van der Waals surface area contributed by atoms with Gasteiger partial charge in [0.05, 0.1) is 0 Å². The summed E-state index contributed by atoms with van der Waals surface area (Å²) >= 11 is 5.50. The molecule has 0 spiro atoms. The highest BCUT2D eigenvalue weighted by Crippen LogP contribution is 2.15. The number of thiocarbonyl (C=S) groups is 1. The van der Waals surface area contributed by atoms with E-state index in [0.29, 0.717) is 6.04 Å². The molecule has 18 heavy (non-hydrogen) atoms. The second kappa shape index (κ2) is 6.68. The number of nitrogens with one attached hydrogen (secondary N) is 1. The number of piperazine rings is 1. The lowest BCUT2D eigenvalue weighted by atomic mass is 10.2. The molecule has 1 unspecified atom stereocenters. The summed E-state index contributed by atoms with van der Waals surface area (Å²) < 4.78 is 0. The van der Waals surface area contributed by atoms with Crippen molar-refractivity contribution in [3.05, 3.63) is 0 Å². The van der Waals surface area contributed by atoms with Crippen LogP contribution in [0.25, 0.3) is 0 Å². The van der Waals surface area contributed by atoms with Crippen LogP contribution >= 0.6 is 12.2 Å². The van der Waals surface area contributed by atoms with Crippen molar-refractivity contribution >= 4 is 17.3 Å². The van der Waals surface area contributed by atoms with Gasteiger partial charge in [-0.05, 0) is 45.2 Å². The first-order valence-corrected chi connectivity index (χ1v) is 7.57. The first-order valence-electron chi connectivity index (χ1n) is 7.16. The molecule has 104 valence electrons. The van der Waals surface area contributed by atoms with Crippen molar-refractivity contribution in [2.45, 2.75) is 25.8 Å². The highest BCUT2D eigenvalue weighted by molar-refractivity contribution is 7.80. The van der Waals surface area contributed by atoms with E-state index in [1.54, 1.807) is 0 Å². The minimum absolute atomic E-state index is 0.681. The third kappa shape index (κ3) is 3.56. The first-order chi connectivity index (χ1) is 8.70. The second-order valence-corrected chi connectivity index (χ2v) is 5.79. The summed E-state index contributed by atoms with van der Waals surface area (Å²) in [6.07, 6.45) is 2.65. The highest BCUT2D eigenvalue weighted by Gasteiger charge is 2.23. The fourth-order valence-corrected chi connectivity index (χ4v) is 3.13. The number of hydrogen-bond donors (Lipinski definition) is 1. The van der Waals surface area contributed by atoms with Crippen LogP contribution in [0.15, 0.2) is 0 Å². The summed E-state index contributed by atoms with van der Waals surface area (Å²) in [7, 11) is 2.17. The van der Waals surface area contributed by atoms with Gasteiger partial charge in [0.25, 0.3) is 0 Å². The standard InChI is InChI=1S/C13H26N4S/c1-3-16-6-4-5-12(16)11-14-13(18)17-9-7-15(2)8-10-17/h12H,3-11H2,1-2H3,(H,14,18). The SMILES string of the molecule is CCN1CCCC1CNC(=S)N1CCN(C)CC1. The van der Waals surface area contributed by atoms with Crippen molar-refractivity contribution in [2.24, 2.45) is 0 Å². The number of likely N-dealkylation sites (tertiary alicyclic amines) is 1. The Balaban J connectivity index is 1.71. The van der Waals surface area contributed by atoms with Gasteiger partial charge in [-0.2, -0.15) is 0 Å². The van der Waals surface area contributed by atoms with E-state index in [0.717, 1.165) is 44.4 Å². The molecule has 1 N–H and O–H groups in total. The maximum absolute atomic E-state index is 5.50. The molecule has 0 radical (unpaired) electrons. The lowest BCUT2D eigenvalue weighted by molar-refractivity contribution is 0.211. The van der Waals surface area contributed by atoms with Gasteiger partial charge in [-0.15, -0.1) is 0 Å². The Morgan fingerprint density at radius 3 is 2.61 bits per heavy atom. The third-order valence-electron chi connectivity index (χ3n) is 4.18. The van der Waals surface area contributed by atoms with E-state index in [1.807, 2.05) is 0 Å². The zero-order valence-corrected chi connectivity index (χ0v) is 12.5. The lowest BCUT2D eigenvalue weighted by Gasteiger charge is -2.35. The van der Waals surface area contributed by atoms with E-state index in [4.69, 9.17) is 12.2 Å². The summed E-state index contributed by atoms with van der Waals surface area (Å²) in [5.74, 6) is 0. The minimum atomic E-state index is 0.681.